The zero-order chi connectivity index (χ0) is 14.8. The van der Waals surface area contributed by atoms with Gasteiger partial charge >= 0.3 is 5.97 Å². The topological polar surface area (TPSA) is 97.5 Å². The summed E-state index contributed by atoms with van der Waals surface area (Å²) in [7, 11) is -1.09. The molecule has 6 heteroatoms. The number of nitrogens with two attached hydrogens (primary N) is 1. The molecule has 1 unspecified atom stereocenters. The number of carbonyl (C=O) groups excluding carboxylic acids is 1. The number of aliphatic carboxylic acids is 1. The molecule has 1 saturated carbocycles. The molecule has 0 bridgehead atoms. The van der Waals surface area contributed by atoms with Crippen LogP contribution in [0.2, 0.25) is 0 Å². The molecule has 1 fully saturated rings. The van der Waals surface area contributed by atoms with Crippen molar-refractivity contribution in [2.24, 2.45) is 11.1 Å². The van der Waals surface area contributed by atoms with E-state index in [9.17, 15) is 13.8 Å². The summed E-state index contributed by atoms with van der Waals surface area (Å²) < 4.78 is 12.1. The first-order chi connectivity index (χ1) is 9.40. The first-order valence-electron chi connectivity index (χ1n) is 6.36. The molecule has 20 heavy (non-hydrogen) atoms. The first-order valence-corrected chi connectivity index (χ1v) is 7.85. The number of rotatable bonds is 7. The molecule has 0 aliphatic heterocycles. The van der Waals surface area contributed by atoms with Crippen molar-refractivity contribution in [3.05, 3.63) is 35.4 Å². The predicted molar refractivity (Wildman–Crippen MR) is 75.6 cm³/mol. The Morgan fingerprint density at radius 2 is 1.85 bits per heavy atom. The number of benzene rings is 1. The number of carboxylic acid groups (broad SMARTS) is 1. The molecule has 1 aromatic rings. The molecule has 0 heterocycles. The first kappa shape index (κ1) is 14.7. The van der Waals surface area contributed by atoms with Gasteiger partial charge < -0.3 is 10.8 Å². The zero-order valence-electron chi connectivity index (χ0n) is 11.0. The third kappa shape index (κ3) is 3.90. The van der Waals surface area contributed by atoms with Crippen LogP contribution < -0.4 is 5.73 Å². The van der Waals surface area contributed by atoms with Crippen LogP contribution in [0.25, 0.3) is 0 Å². The molecule has 3 N–H and O–H groups in total. The Kier molecular flexibility index (Phi) is 4.23. The van der Waals surface area contributed by atoms with E-state index in [-0.39, 0.29) is 11.8 Å². The molecule has 0 radical (unpaired) electrons. The maximum atomic E-state index is 12.1. The fraction of sp³-hybridized carbons (Fsp3) is 0.429. The molecule has 1 aliphatic rings. The van der Waals surface area contributed by atoms with Crippen LogP contribution in [0.3, 0.4) is 0 Å². The van der Waals surface area contributed by atoms with Crippen LogP contribution in [-0.2, 0) is 21.3 Å². The Labute approximate surface area is 119 Å². The molecule has 1 aliphatic carbocycles. The normalized spacial score (nSPS) is 17.4. The summed E-state index contributed by atoms with van der Waals surface area (Å²) in [6.07, 6.45) is 1.77. The molecule has 1 aromatic carbocycles. The lowest BCUT2D eigenvalue weighted by molar-refractivity contribution is -0.138. The predicted octanol–water partition coefficient (Wildman–Crippen LogP) is 1.29. The number of amides is 1. The van der Waals surface area contributed by atoms with Gasteiger partial charge in [-0.25, -0.2) is 0 Å². The second-order valence-corrected chi connectivity index (χ2v) is 6.82. The lowest BCUT2D eigenvalue weighted by Crippen LogP contribution is -2.17. The van der Waals surface area contributed by atoms with E-state index in [2.05, 4.69) is 0 Å². The Hall–Kier alpha value is -1.69. The van der Waals surface area contributed by atoms with E-state index >= 15 is 0 Å². The molecular formula is C14H17NO4S. The zero-order valence-corrected chi connectivity index (χ0v) is 11.8. The highest BCUT2D eigenvalue weighted by Gasteiger charge is 2.45. The van der Waals surface area contributed by atoms with Crippen molar-refractivity contribution in [2.45, 2.75) is 25.0 Å². The molecule has 0 spiro atoms. The summed E-state index contributed by atoms with van der Waals surface area (Å²) in [6, 6.07) is 6.68. The number of hydrogen-bond acceptors (Lipinski definition) is 3. The number of carboxylic acids is 1. The highest BCUT2D eigenvalue weighted by atomic mass is 32.2. The van der Waals surface area contributed by atoms with Gasteiger partial charge in [-0.3, -0.25) is 13.8 Å². The van der Waals surface area contributed by atoms with Crippen LogP contribution in [0.5, 0.6) is 0 Å². The average molecular weight is 295 g/mol. The molecule has 0 saturated heterocycles. The largest absolute Gasteiger partial charge is 0.481 e. The number of carbonyl (C=O) groups is 2. The summed E-state index contributed by atoms with van der Waals surface area (Å²) in [5.74, 6) is -0.515. The van der Waals surface area contributed by atoms with Crippen LogP contribution in [-0.4, -0.2) is 26.9 Å². The lowest BCUT2D eigenvalue weighted by atomic mass is 10.1. The quantitative estimate of drug-likeness (QED) is 0.792. The average Bonchev–Trinajstić information content (AvgIpc) is 3.07. The van der Waals surface area contributed by atoms with Gasteiger partial charge in [-0.05, 0) is 36.0 Å². The Balaban J connectivity index is 1.91. The van der Waals surface area contributed by atoms with Gasteiger partial charge in [0.2, 0.25) is 5.91 Å². The van der Waals surface area contributed by atoms with Crippen molar-refractivity contribution in [1.82, 2.24) is 0 Å². The molecular weight excluding hydrogens is 278 g/mol. The van der Waals surface area contributed by atoms with Gasteiger partial charge in [0.05, 0.1) is 6.42 Å². The fourth-order valence-electron chi connectivity index (χ4n) is 2.21. The van der Waals surface area contributed by atoms with Crippen LogP contribution in [0.4, 0.5) is 0 Å². The van der Waals surface area contributed by atoms with E-state index in [0.29, 0.717) is 17.1 Å². The van der Waals surface area contributed by atoms with Crippen LogP contribution in [0.15, 0.2) is 24.3 Å². The lowest BCUT2D eigenvalue weighted by Gasteiger charge is -2.11. The molecule has 108 valence electrons. The van der Waals surface area contributed by atoms with E-state index in [4.69, 9.17) is 10.8 Å². The monoisotopic (exact) mass is 295 g/mol. The van der Waals surface area contributed by atoms with Gasteiger partial charge in [-0.15, -0.1) is 0 Å². The third-order valence-electron chi connectivity index (χ3n) is 3.52. The van der Waals surface area contributed by atoms with Gasteiger partial charge in [0.15, 0.2) is 0 Å². The maximum Gasteiger partial charge on any atom is 0.303 e. The van der Waals surface area contributed by atoms with Crippen molar-refractivity contribution in [1.29, 1.82) is 0 Å². The fourth-order valence-corrected chi connectivity index (χ4v) is 3.95. The van der Waals surface area contributed by atoms with Crippen molar-refractivity contribution in [3.8, 4) is 0 Å². The van der Waals surface area contributed by atoms with E-state index in [0.717, 1.165) is 18.4 Å². The Morgan fingerprint density at radius 1 is 1.25 bits per heavy atom. The minimum Gasteiger partial charge on any atom is -0.481 e. The molecule has 0 aromatic heterocycles. The molecule has 2 rings (SSSR count). The van der Waals surface area contributed by atoms with Gasteiger partial charge in [0, 0.05) is 27.9 Å². The molecule has 1 amide bonds. The van der Waals surface area contributed by atoms with Gasteiger partial charge in [-0.2, -0.15) is 0 Å². The smallest absolute Gasteiger partial charge is 0.303 e. The Morgan fingerprint density at radius 3 is 2.30 bits per heavy atom. The minimum absolute atomic E-state index is 0.0966. The van der Waals surface area contributed by atoms with Crippen molar-refractivity contribution in [3.63, 3.8) is 0 Å². The summed E-state index contributed by atoms with van der Waals surface area (Å²) in [4.78, 5) is 21.7. The Bertz CT molecular complexity index is 549. The highest BCUT2D eigenvalue weighted by molar-refractivity contribution is 7.84. The van der Waals surface area contributed by atoms with Crippen LogP contribution in [0, 0.1) is 5.41 Å². The van der Waals surface area contributed by atoms with Gasteiger partial charge in [-0.1, -0.05) is 12.1 Å². The minimum atomic E-state index is -1.09. The van der Waals surface area contributed by atoms with Crippen LogP contribution >= 0.6 is 0 Å². The number of primary amides is 1. The van der Waals surface area contributed by atoms with Crippen molar-refractivity contribution in [2.75, 3.05) is 5.75 Å². The van der Waals surface area contributed by atoms with E-state index in [1.807, 2.05) is 0 Å². The summed E-state index contributed by atoms with van der Waals surface area (Å²) in [5, 5.41) is 8.83. The van der Waals surface area contributed by atoms with Crippen molar-refractivity contribution >= 4 is 22.7 Å². The van der Waals surface area contributed by atoms with Crippen molar-refractivity contribution < 1.29 is 18.9 Å². The van der Waals surface area contributed by atoms with Crippen LogP contribution in [0.1, 0.15) is 35.2 Å². The SMILES string of the molecule is NC(=O)c1ccc(CS(=O)CC2(CC(=O)O)CC2)cc1. The third-order valence-corrected chi connectivity index (χ3v) is 5.11. The second kappa shape index (κ2) is 5.75. The van der Waals surface area contributed by atoms with E-state index in [1.54, 1.807) is 24.3 Å². The highest BCUT2D eigenvalue weighted by Crippen LogP contribution is 2.49. The van der Waals surface area contributed by atoms with Gasteiger partial charge in [0.25, 0.3) is 0 Å². The summed E-state index contributed by atoms with van der Waals surface area (Å²) in [5.41, 5.74) is 6.17. The van der Waals surface area contributed by atoms with E-state index in [1.165, 1.54) is 0 Å². The summed E-state index contributed by atoms with van der Waals surface area (Å²) in [6.45, 7) is 0. The van der Waals surface area contributed by atoms with E-state index < -0.39 is 22.7 Å². The standard InChI is InChI=1S/C14H17NO4S/c15-13(18)11-3-1-10(2-4-11)8-20(19)9-14(5-6-14)7-12(16)17/h1-4H,5-9H2,(H2,15,18)(H,16,17). The maximum absolute atomic E-state index is 12.1. The summed E-state index contributed by atoms with van der Waals surface area (Å²) >= 11 is 0. The molecule has 1 atom stereocenters. The number of hydrogen-bond donors (Lipinski definition) is 2. The van der Waals surface area contributed by atoms with Gasteiger partial charge in [0.1, 0.15) is 0 Å². The second-order valence-electron chi connectivity index (χ2n) is 5.36. The molecule has 5 nitrogen and oxygen atoms in total.